The minimum absolute atomic E-state index is 0.143. The molecular formula is C24H27N3O2S. The van der Waals surface area contributed by atoms with E-state index < -0.39 is 0 Å². The number of hydrogen-bond acceptors (Lipinski definition) is 5. The average Bonchev–Trinajstić information content (AvgIpc) is 3.24. The van der Waals surface area contributed by atoms with Gasteiger partial charge < -0.3 is 9.32 Å². The molecule has 0 aliphatic carbocycles. The van der Waals surface area contributed by atoms with E-state index in [0.717, 1.165) is 37.9 Å². The number of nitrogens with zero attached hydrogens (tertiary/aromatic N) is 3. The van der Waals surface area contributed by atoms with Crippen molar-refractivity contribution in [2.75, 3.05) is 18.8 Å². The van der Waals surface area contributed by atoms with E-state index in [1.165, 1.54) is 28.5 Å². The lowest BCUT2D eigenvalue weighted by atomic mass is 9.90. The van der Waals surface area contributed by atoms with Crippen molar-refractivity contribution in [2.45, 2.75) is 38.3 Å². The van der Waals surface area contributed by atoms with Gasteiger partial charge in [-0.15, -0.1) is 10.2 Å². The normalized spacial score (nSPS) is 14.8. The lowest BCUT2D eigenvalue weighted by Gasteiger charge is -2.32. The third kappa shape index (κ3) is 5.11. The number of likely N-dealkylation sites (tertiary alicyclic amines) is 1. The van der Waals surface area contributed by atoms with Crippen LogP contribution in [-0.2, 0) is 11.2 Å². The maximum absolute atomic E-state index is 12.6. The lowest BCUT2D eigenvalue weighted by Crippen LogP contribution is -2.39. The second-order valence-electron chi connectivity index (χ2n) is 7.97. The average molecular weight is 422 g/mol. The molecule has 3 aromatic rings. The van der Waals surface area contributed by atoms with Gasteiger partial charge in [0.2, 0.25) is 11.8 Å². The topological polar surface area (TPSA) is 59.2 Å². The molecule has 1 amide bonds. The highest BCUT2D eigenvalue weighted by molar-refractivity contribution is 7.99. The summed E-state index contributed by atoms with van der Waals surface area (Å²) in [6.07, 6.45) is 3.21. The molecule has 0 atom stereocenters. The monoisotopic (exact) mass is 421 g/mol. The van der Waals surface area contributed by atoms with E-state index in [2.05, 4.69) is 54.4 Å². The number of piperidine rings is 1. The smallest absolute Gasteiger partial charge is 0.277 e. The van der Waals surface area contributed by atoms with E-state index in [9.17, 15) is 4.79 Å². The molecule has 1 aliphatic heterocycles. The van der Waals surface area contributed by atoms with E-state index in [4.69, 9.17) is 4.42 Å². The molecule has 0 N–H and O–H groups in total. The number of thioether (sulfide) groups is 1. The van der Waals surface area contributed by atoms with Crippen LogP contribution in [0.4, 0.5) is 0 Å². The number of rotatable bonds is 6. The maximum atomic E-state index is 12.6. The van der Waals surface area contributed by atoms with Crippen molar-refractivity contribution in [3.8, 4) is 11.5 Å². The van der Waals surface area contributed by atoms with E-state index in [0.29, 0.717) is 22.8 Å². The van der Waals surface area contributed by atoms with Gasteiger partial charge in [-0.05, 0) is 67.9 Å². The maximum Gasteiger partial charge on any atom is 0.277 e. The van der Waals surface area contributed by atoms with Gasteiger partial charge in [-0.2, -0.15) is 0 Å². The van der Waals surface area contributed by atoms with Gasteiger partial charge in [0.1, 0.15) is 0 Å². The van der Waals surface area contributed by atoms with Crippen molar-refractivity contribution in [3.05, 3.63) is 65.2 Å². The second kappa shape index (κ2) is 9.47. The highest BCUT2D eigenvalue weighted by Crippen LogP contribution is 2.26. The van der Waals surface area contributed by atoms with Crippen LogP contribution in [0.3, 0.4) is 0 Å². The van der Waals surface area contributed by atoms with Crippen molar-refractivity contribution in [3.63, 3.8) is 0 Å². The molecule has 1 aliphatic rings. The summed E-state index contributed by atoms with van der Waals surface area (Å²) < 4.78 is 5.76. The summed E-state index contributed by atoms with van der Waals surface area (Å²) in [5.41, 5.74) is 4.70. The van der Waals surface area contributed by atoms with Crippen molar-refractivity contribution >= 4 is 17.7 Å². The Bertz CT molecular complexity index is 995. The van der Waals surface area contributed by atoms with Gasteiger partial charge in [0.25, 0.3) is 5.22 Å². The van der Waals surface area contributed by atoms with Crippen LogP contribution in [-0.4, -0.2) is 39.8 Å². The van der Waals surface area contributed by atoms with Crippen molar-refractivity contribution in [1.82, 2.24) is 15.1 Å². The molecule has 0 unspecified atom stereocenters. The zero-order valence-electron chi connectivity index (χ0n) is 17.5. The molecular weight excluding hydrogens is 394 g/mol. The second-order valence-corrected chi connectivity index (χ2v) is 8.90. The molecule has 2 aromatic carbocycles. The molecule has 30 heavy (non-hydrogen) atoms. The van der Waals surface area contributed by atoms with Gasteiger partial charge in [-0.3, -0.25) is 4.79 Å². The zero-order chi connectivity index (χ0) is 20.9. The predicted molar refractivity (Wildman–Crippen MR) is 119 cm³/mol. The molecule has 0 bridgehead atoms. The first-order valence-corrected chi connectivity index (χ1v) is 11.4. The molecule has 1 aromatic heterocycles. The number of carbonyl (C=O) groups is 1. The number of carbonyl (C=O) groups excluding carboxylic acids is 1. The van der Waals surface area contributed by atoms with Gasteiger partial charge in [-0.25, -0.2) is 0 Å². The SMILES string of the molecule is Cc1ccc(-c2nnc(SCC(=O)N3CCC(Cc4ccccc4)CC3)o2)cc1C. The van der Waals surface area contributed by atoms with Crippen LogP contribution in [0.2, 0.25) is 0 Å². The first-order valence-electron chi connectivity index (χ1n) is 10.4. The molecule has 156 valence electrons. The number of aryl methyl sites for hydroxylation is 2. The van der Waals surface area contributed by atoms with E-state index in [1.54, 1.807) is 0 Å². The fraction of sp³-hybridized carbons (Fsp3) is 0.375. The Hall–Kier alpha value is -2.60. The Morgan fingerprint density at radius 3 is 2.57 bits per heavy atom. The van der Waals surface area contributed by atoms with Crippen LogP contribution in [0.15, 0.2) is 58.2 Å². The summed E-state index contributed by atoms with van der Waals surface area (Å²) in [7, 11) is 0. The summed E-state index contributed by atoms with van der Waals surface area (Å²) in [4.78, 5) is 14.6. The van der Waals surface area contributed by atoms with Gasteiger partial charge in [0, 0.05) is 18.7 Å². The first kappa shape index (κ1) is 20.7. The van der Waals surface area contributed by atoms with Crippen LogP contribution < -0.4 is 0 Å². The van der Waals surface area contributed by atoms with Crippen LogP contribution in [0.1, 0.15) is 29.5 Å². The highest BCUT2D eigenvalue weighted by Gasteiger charge is 2.23. The number of aromatic nitrogens is 2. The third-order valence-electron chi connectivity index (χ3n) is 5.81. The van der Waals surface area contributed by atoms with Crippen molar-refractivity contribution in [2.24, 2.45) is 5.92 Å². The Morgan fingerprint density at radius 1 is 1.07 bits per heavy atom. The zero-order valence-corrected chi connectivity index (χ0v) is 18.3. The van der Waals surface area contributed by atoms with Gasteiger partial charge in [0.05, 0.1) is 5.75 Å². The molecule has 1 fully saturated rings. The fourth-order valence-corrected chi connectivity index (χ4v) is 4.47. The predicted octanol–water partition coefficient (Wildman–Crippen LogP) is 4.93. The first-order chi connectivity index (χ1) is 14.6. The Morgan fingerprint density at radius 2 is 1.83 bits per heavy atom. The minimum atomic E-state index is 0.143. The minimum Gasteiger partial charge on any atom is -0.411 e. The lowest BCUT2D eigenvalue weighted by molar-refractivity contribution is -0.129. The molecule has 0 saturated carbocycles. The summed E-state index contributed by atoms with van der Waals surface area (Å²) in [5, 5.41) is 8.67. The number of hydrogen-bond donors (Lipinski definition) is 0. The van der Waals surface area contributed by atoms with Crippen LogP contribution in [0.25, 0.3) is 11.5 Å². The molecule has 4 rings (SSSR count). The van der Waals surface area contributed by atoms with Crippen molar-refractivity contribution in [1.29, 1.82) is 0 Å². The van der Waals surface area contributed by atoms with E-state index in [1.807, 2.05) is 23.1 Å². The fourth-order valence-electron chi connectivity index (χ4n) is 3.81. The molecule has 0 spiro atoms. The van der Waals surface area contributed by atoms with E-state index in [-0.39, 0.29) is 5.91 Å². The summed E-state index contributed by atoms with van der Waals surface area (Å²) in [5.74, 6) is 1.62. The molecule has 2 heterocycles. The van der Waals surface area contributed by atoms with Crippen LogP contribution >= 0.6 is 11.8 Å². The molecule has 1 saturated heterocycles. The largest absolute Gasteiger partial charge is 0.411 e. The number of benzene rings is 2. The van der Waals surface area contributed by atoms with Crippen molar-refractivity contribution < 1.29 is 9.21 Å². The Kier molecular flexibility index (Phi) is 6.53. The van der Waals surface area contributed by atoms with E-state index >= 15 is 0 Å². The molecule has 6 heteroatoms. The molecule has 0 radical (unpaired) electrons. The number of amides is 1. The summed E-state index contributed by atoms with van der Waals surface area (Å²) in [6.45, 7) is 5.79. The summed E-state index contributed by atoms with van der Waals surface area (Å²) >= 11 is 1.32. The van der Waals surface area contributed by atoms with Gasteiger partial charge in [0.15, 0.2) is 0 Å². The summed E-state index contributed by atoms with van der Waals surface area (Å²) in [6, 6.07) is 16.7. The molecule has 5 nitrogen and oxygen atoms in total. The van der Waals surface area contributed by atoms with Crippen LogP contribution in [0, 0.1) is 19.8 Å². The Balaban J connectivity index is 1.25. The van der Waals surface area contributed by atoms with Crippen LogP contribution in [0.5, 0.6) is 0 Å². The third-order valence-corrected chi connectivity index (χ3v) is 6.62. The highest BCUT2D eigenvalue weighted by atomic mass is 32.2. The quantitative estimate of drug-likeness (QED) is 0.528. The van der Waals surface area contributed by atoms with Gasteiger partial charge in [-0.1, -0.05) is 48.2 Å². The Labute approximate surface area is 181 Å². The van der Waals surface area contributed by atoms with Gasteiger partial charge >= 0.3 is 0 Å². The standard InChI is InChI=1S/C24H27N3O2S/c1-17-8-9-21(14-18(17)2)23-25-26-24(29-23)30-16-22(28)27-12-10-20(11-13-27)15-19-6-4-3-5-7-19/h3-9,14,20H,10-13,15-16H2,1-2H3.